The number of aliphatic hydroxyl groups is 1. The minimum Gasteiger partial charge on any atom is -0.381 e. The van der Waals surface area contributed by atoms with Gasteiger partial charge in [0, 0.05) is 0 Å². The lowest BCUT2D eigenvalue weighted by molar-refractivity contribution is 0.110. The van der Waals surface area contributed by atoms with Crippen molar-refractivity contribution in [1.82, 2.24) is 0 Å². The lowest BCUT2D eigenvalue weighted by atomic mass is 9.93. The van der Waals surface area contributed by atoms with Crippen molar-refractivity contribution in [2.24, 2.45) is 0 Å². The Morgan fingerprint density at radius 3 is 2.14 bits per heavy atom. The maximum atomic E-state index is 10.2. The van der Waals surface area contributed by atoms with Gasteiger partial charge in [-0.05, 0) is 33.3 Å². The lowest BCUT2D eigenvalue weighted by Crippen LogP contribution is -2.18. The van der Waals surface area contributed by atoms with E-state index in [2.05, 4.69) is 0 Å². The quantitative estimate of drug-likeness (QED) is 0.710. The summed E-state index contributed by atoms with van der Waals surface area (Å²) in [6.07, 6.45) is 1.87. The number of benzene rings is 1. The van der Waals surface area contributed by atoms with Crippen LogP contribution in [0.15, 0.2) is 35.9 Å². The zero-order chi connectivity index (χ0) is 10.8. The zero-order valence-corrected chi connectivity index (χ0v) is 9.33. The minimum absolute atomic E-state index is 0.855. The Balaban J connectivity index is 3.04. The summed E-state index contributed by atoms with van der Waals surface area (Å²) in [5.41, 5.74) is 2.41. The average molecular weight is 190 g/mol. The van der Waals surface area contributed by atoms with Crippen molar-refractivity contribution in [3.63, 3.8) is 0 Å². The largest absolute Gasteiger partial charge is 0.381 e. The number of allylic oxidation sites excluding steroid dienone is 1. The Kier molecular flexibility index (Phi) is 3.12. The van der Waals surface area contributed by atoms with Crippen molar-refractivity contribution in [3.05, 3.63) is 47.0 Å². The van der Waals surface area contributed by atoms with E-state index < -0.39 is 5.60 Å². The third-order valence-electron chi connectivity index (χ3n) is 2.21. The van der Waals surface area contributed by atoms with Crippen LogP contribution >= 0.6 is 0 Å². The molecule has 1 N–H and O–H groups in total. The van der Waals surface area contributed by atoms with Crippen LogP contribution in [0, 0.1) is 6.92 Å². The molecule has 0 aromatic heterocycles. The SMILES string of the molecule is CC(C)=CC(C)(O)c1ccc(C)cc1. The molecule has 1 aromatic carbocycles. The van der Waals surface area contributed by atoms with Crippen LogP contribution in [0.5, 0.6) is 0 Å². The molecule has 1 aromatic rings. The van der Waals surface area contributed by atoms with Crippen LogP contribution in [0.3, 0.4) is 0 Å². The molecule has 0 aliphatic carbocycles. The van der Waals surface area contributed by atoms with E-state index in [0.717, 1.165) is 11.1 Å². The summed E-state index contributed by atoms with van der Waals surface area (Å²) in [6, 6.07) is 7.97. The standard InChI is InChI=1S/C13H18O/c1-10(2)9-13(4,14)12-7-5-11(3)6-8-12/h5-9,14H,1-4H3. The molecule has 0 fully saturated rings. The van der Waals surface area contributed by atoms with Crippen LogP contribution in [-0.4, -0.2) is 5.11 Å². The van der Waals surface area contributed by atoms with Gasteiger partial charge in [0.25, 0.3) is 0 Å². The molecule has 0 saturated heterocycles. The summed E-state index contributed by atoms with van der Waals surface area (Å²) in [4.78, 5) is 0. The van der Waals surface area contributed by atoms with E-state index in [4.69, 9.17) is 0 Å². The third-order valence-corrected chi connectivity index (χ3v) is 2.21. The molecule has 1 heteroatoms. The lowest BCUT2D eigenvalue weighted by Gasteiger charge is -2.20. The first kappa shape index (κ1) is 11.0. The number of hydrogen-bond acceptors (Lipinski definition) is 1. The molecule has 76 valence electrons. The first-order chi connectivity index (χ1) is 6.42. The molecule has 1 atom stereocenters. The first-order valence-electron chi connectivity index (χ1n) is 4.87. The maximum Gasteiger partial charge on any atom is 0.105 e. The van der Waals surface area contributed by atoms with Crippen molar-refractivity contribution in [3.8, 4) is 0 Å². The highest BCUT2D eigenvalue weighted by atomic mass is 16.3. The molecule has 0 aliphatic rings. The van der Waals surface area contributed by atoms with E-state index in [1.54, 1.807) is 0 Å². The van der Waals surface area contributed by atoms with Gasteiger partial charge < -0.3 is 5.11 Å². The highest BCUT2D eigenvalue weighted by molar-refractivity contribution is 5.30. The maximum absolute atomic E-state index is 10.2. The summed E-state index contributed by atoms with van der Waals surface area (Å²) in [7, 11) is 0. The summed E-state index contributed by atoms with van der Waals surface area (Å²) < 4.78 is 0. The van der Waals surface area contributed by atoms with Crippen molar-refractivity contribution in [2.75, 3.05) is 0 Å². The molecule has 0 amide bonds. The third kappa shape index (κ3) is 2.71. The molecule has 1 nitrogen and oxygen atoms in total. The molecule has 14 heavy (non-hydrogen) atoms. The molecule has 1 unspecified atom stereocenters. The van der Waals surface area contributed by atoms with Crippen molar-refractivity contribution < 1.29 is 5.11 Å². The topological polar surface area (TPSA) is 20.2 Å². The smallest absolute Gasteiger partial charge is 0.105 e. The van der Waals surface area contributed by atoms with Crippen molar-refractivity contribution >= 4 is 0 Å². The highest BCUT2D eigenvalue weighted by Crippen LogP contribution is 2.23. The highest BCUT2D eigenvalue weighted by Gasteiger charge is 2.18. The van der Waals surface area contributed by atoms with Crippen LogP contribution < -0.4 is 0 Å². The summed E-state index contributed by atoms with van der Waals surface area (Å²) in [5, 5.41) is 10.2. The van der Waals surface area contributed by atoms with Crippen molar-refractivity contribution in [1.29, 1.82) is 0 Å². The first-order valence-corrected chi connectivity index (χ1v) is 4.87. The summed E-state index contributed by atoms with van der Waals surface area (Å²) >= 11 is 0. The van der Waals surface area contributed by atoms with E-state index in [1.807, 2.05) is 58.0 Å². The molecule has 0 radical (unpaired) electrons. The second-order valence-corrected chi connectivity index (χ2v) is 4.24. The van der Waals surface area contributed by atoms with Gasteiger partial charge >= 0.3 is 0 Å². The Labute approximate surface area is 86.1 Å². The molecule has 0 spiro atoms. The molecular weight excluding hydrogens is 172 g/mol. The van der Waals surface area contributed by atoms with Crippen LogP contribution in [-0.2, 0) is 5.60 Å². The normalized spacial score (nSPS) is 14.6. The number of hydrogen-bond donors (Lipinski definition) is 1. The predicted octanol–water partition coefficient (Wildman–Crippen LogP) is 3.17. The minimum atomic E-state index is -0.855. The van der Waals surface area contributed by atoms with Gasteiger partial charge in [0.1, 0.15) is 5.60 Å². The molecule has 0 aliphatic heterocycles. The summed E-state index contributed by atoms with van der Waals surface area (Å²) in [6.45, 7) is 7.83. The van der Waals surface area contributed by atoms with Crippen LogP contribution in [0.1, 0.15) is 31.9 Å². The molecule has 0 bridgehead atoms. The van der Waals surface area contributed by atoms with Gasteiger partial charge in [-0.1, -0.05) is 41.5 Å². The molecule has 0 saturated carbocycles. The Morgan fingerprint density at radius 2 is 1.71 bits per heavy atom. The van der Waals surface area contributed by atoms with Gasteiger partial charge in [-0.3, -0.25) is 0 Å². The zero-order valence-electron chi connectivity index (χ0n) is 9.33. The second-order valence-electron chi connectivity index (χ2n) is 4.24. The second kappa shape index (κ2) is 3.97. The number of rotatable bonds is 2. The average Bonchev–Trinajstić information content (AvgIpc) is 2.02. The number of aryl methyl sites for hydroxylation is 1. The summed E-state index contributed by atoms with van der Waals surface area (Å²) in [5.74, 6) is 0. The van der Waals surface area contributed by atoms with Gasteiger partial charge in [-0.25, -0.2) is 0 Å². The Hall–Kier alpha value is -1.08. The fraction of sp³-hybridized carbons (Fsp3) is 0.385. The van der Waals surface area contributed by atoms with Gasteiger partial charge in [0.15, 0.2) is 0 Å². The van der Waals surface area contributed by atoms with E-state index in [0.29, 0.717) is 0 Å². The van der Waals surface area contributed by atoms with Crippen LogP contribution in [0.4, 0.5) is 0 Å². The van der Waals surface area contributed by atoms with Gasteiger partial charge in [-0.2, -0.15) is 0 Å². The van der Waals surface area contributed by atoms with Crippen LogP contribution in [0.25, 0.3) is 0 Å². The van der Waals surface area contributed by atoms with Crippen molar-refractivity contribution in [2.45, 2.75) is 33.3 Å². The van der Waals surface area contributed by atoms with E-state index in [-0.39, 0.29) is 0 Å². The van der Waals surface area contributed by atoms with E-state index >= 15 is 0 Å². The molecular formula is C13H18O. The van der Waals surface area contributed by atoms with Gasteiger partial charge in [0.2, 0.25) is 0 Å². The Bertz CT molecular complexity index is 327. The monoisotopic (exact) mass is 190 g/mol. The molecule has 1 rings (SSSR count). The fourth-order valence-corrected chi connectivity index (χ4v) is 1.54. The van der Waals surface area contributed by atoms with E-state index in [9.17, 15) is 5.11 Å². The van der Waals surface area contributed by atoms with E-state index in [1.165, 1.54) is 5.56 Å². The fourth-order valence-electron chi connectivity index (χ4n) is 1.54. The van der Waals surface area contributed by atoms with Crippen LogP contribution in [0.2, 0.25) is 0 Å². The van der Waals surface area contributed by atoms with Gasteiger partial charge in [0.05, 0.1) is 0 Å². The molecule has 0 heterocycles. The van der Waals surface area contributed by atoms with Gasteiger partial charge in [-0.15, -0.1) is 0 Å². The predicted molar refractivity (Wildman–Crippen MR) is 60.2 cm³/mol. The Morgan fingerprint density at radius 1 is 1.21 bits per heavy atom.